The van der Waals surface area contributed by atoms with Gasteiger partial charge in [0.1, 0.15) is 18.1 Å². The van der Waals surface area contributed by atoms with Gasteiger partial charge in [0, 0.05) is 5.02 Å². The van der Waals surface area contributed by atoms with Gasteiger partial charge >= 0.3 is 0 Å². The molecule has 0 saturated heterocycles. The molecule has 25 heavy (non-hydrogen) atoms. The first kappa shape index (κ1) is 19.1. The summed E-state index contributed by atoms with van der Waals surface area (Å²) in [5.41, 5.74) is 1.15. The van der Waals surface area contributed by atoms with Crippen LogP contribution in [0.5, 0.6) is 11.5 Å². The van der Waals surface area contributed by atoms with Crippen LogP contribution in [-0.2, 0) is 10.2 Å². The van der Waals surface area contributed by atoms with Crippen molar-refractivity contribution >= 4 is 17.5 Å². The number of para-hydroxylation sites is 1. The lowest BCUT2D eigenvalue weighted by molar-refractivity contribution is -0.123. The maximum Gasteiger partial charge on any atom is 0.258 e. The number of amides is 1. The molecule has 0 aromatic heterocycles. The zero-order chi connectivity index (χ0) is 18.3. The average molecular weight is 362 g/mol. The minimum Gasteiger partial charge on any atom is -0.491 e. The Balaban J connectivity index is 1.72. The molecule has 0 heterocycles. The molecule has 0 aliphatic carbocycles. The fourth-order valence-corrected chi connectivity index (χ4v) is 2.42. The van der Waals surface area contributed by atoms with Crippen LogP contribution >= 0.6 is 11.6 Å². The summed E-state index contributed by atoms with van der Waals surface area (Å²) >= 11 is 5.80. The second-order valence-electron chi connectivity index (χ2n) is 6.69. The fraction of sp³-hybridized carbons (Fsp3) is 0.350. The zero-order valence-corrected chi connectivity index (χ0v) is 15.6. The van der Waals surface area contributed by atoms with Crippen LogP contribution in [0.2, 0.25) is 5.02 Å². The van der Waals surface area contributed by atoms with Crippen molar-refractivity contribution in [2.75, 3.05) is 19.8 Å². The van der Waals surface area contributed by atoms with E-state index in [1.807, 2.05) is 18.2 Å². The first-order valence-corrected chi connectivity index (χ1v) is 8.61. The largest absolute Gasteiger partial charge is 0.491 e. The van der Waals surface area contributed by atoms with Crippen LogP contribution in [0.15, 0.2) is 48.5 Å². The first-order chi connectivity index (χ1) is 11.9. The molecule has 2 aromatic carbocycles. The zero-order valence-electron chi connectivity index (χ0n) is 14.8. The third-order valence-corrected chi connectivity index (χ3v) is 3.81. The van der Waals surface area contributed by atoms with Crippen LogP contribution in [0.1, 0.15) is 26.3 Å². The van der Waals surface area contributed by atoms with E-state index in [-0.39, 0.29) is 17.9 Å². The Kier molecular flexibility index (Phi) is 6.71. The Morgan fingerprint density at radius 2 is 1.72 bits per heavy atom. The maximum absolute atomic E-state index is 11.8. The summed E-state index contributed by atoms with van der Waals surface area (Å²) in [7, 11) is 0. The van der Waals surface area contributed by atoms with Crippen molar-refractivity contribution in [1.82, 2.24) is 5.32 Å². The van der Waals surface area contributed by atoms with Gasteiger partial charge in [0.25, 0.3) is 5.91 Å². The van der Waals surface area contributed by atoms with Gasteiger partial charge in [-0.05, 0) is 41.3 Å². The monoisotopic (exact) mass is 361 g/mol. The predicted octanol–water partition coefficient (Wildman–Crippen LogP) is 4.21. The summed E-state index contributed by atoms with van der Waals surface area (Å²) in [4.78, 5) is 11.8. The molecule has 0 aliphatic rings. The quantitative estimate of drug-likeness (QED) is 0.751. The van der Waals surface area contributed by atoms with Gasteiger partial charge in [-0.1, -0.05) is 50.6 Å². The molecular formula is C20H24ClNO3. The lowest BCUT2D eigenvalue weighted by Crippen LogP contribution is -2.32. The summed E-state index contributed by atoms with van der Waals surface area (Å²) in [5.74, 6) is 1.26. The standard InChI is InChI=1S/C20H24ClNO3/c1-20(2,3)17-6-4-5-7-18(17)24-13-12-22-19(23)14-25-16-10-8-15(21)9-11-16/h4-11H,12-14H2,1-3H3,(H,22,23). The minimum absolute atomic E-state index is 0.00621. The molecule has 0 unspecified atom stereocenters. The van der Waals surface area contributed by atoms with Gasteiger partial charge in [-0.2, -0.15) is 0 Å². The summed E-state index contributed by atoms with van der Waals surface area (Å²) < 4.78 is 11.2. The number of hydrogen-bond acceptors (Lipinski definition) is 3. The molecule has 0 fully saturated rings. The van der Waals surface area contributed by atoms with Crippen LogP contribution in [-0.4, -0.2) is 25.7 Å². The molecule has 0 saturated carbocycles. The van der Waals surface area contributed by atoms with Crippen molar-refractivity contribution in [1.29, 1.82) is 0 Å². The van der Waals surface area contributed by atoms with Gasteiger partial charge in [0.2, 0.25) is 0 Å². The molecule has 0 spiro atoms. The SMILES string of the molecule is CC(C)(C)c1ccccc1OCCNC(=O)COc1ccc(Cl)cc1. The first-order valence-electron chi connectivity index (χ1n) is 8.23. The lowest BCUT2D eigenvalue weighted by Gasteiger charge is -2.22. The molecule has 2 aromatic rings. The van der Waals surface area contributed by atoms with E-state index in [2.05, 4.69) is 32.2 Å². The van der Waals surface area contributed by atoms with Crippen LogP contribution < -0.4 is 14.8 Å². The van der Waals surface area contributed by atoms with Gasteiger partial charge in [0.15, 0.2) is 6.61 Å². The predicted molar refractivity (Wildman–Crippen MR) is 101 cm³/mol. The number of rotatable bonds is 7. The second kappa shape index (κ2) is 8.77. The van der Waals surface area contributed by atoms with Crippen molar-refractivity contribution < 1.29 is 14.3 Å². The van der Waals surface area contributed by atoms with Gasteiger partial charge in [-0.25, -0.2) is 0 Å². The molecule has 1 N–H and O–H groups in total. The number of carbonyl (C=O) groups excluding carboxylic acids is 1. The Morgan fingerprint density at radius 3 is 2.40 bits per heavy atom. The molecule has 4 nitrogen and oxygen atoms in total. The van der Waals surface area contributed by atoms with Crippen molar-refractivity contribution in [2.24, 2.45) is 0 Å². The third kappa shape index (κ3) is 6.31. The molecule has 5 heteroatoms. The molecule has 0 bridgehead atoms. The van der Waals surface area contributed by atoms with E-state index in [0.29, 0.717) is 23.9 Å². The molecule has 2 rings (SSSR count). The Hall–Kier alpha value is -2.20. The number of hydrogen-bond donors (Lipinski definition) is 1. The Labute approximate surface area is 154 Å². The summed E-state index contributed by atoms with van der Waals surface area (Å²) in [6, 6.07) is 14.8. The molecular weight excluding hydrogens is 338 g/mol. The molecule has 0 radical (unpaired) electrons. The topological polar surface area (TPSA) is 47.6 Å². The van der Waals surface area contributed by atoms with Crippen LogP contribution in [0.3, 0.4) is 0 Å². The highest BCUT2D eigenvalue weighted by Crippen LogP contribution is 2.30. The van der Waals surface area contributed by atoms with Crippen molar-refractivity contribution in [3.63, 3.8) is 0 Å². The third-order valence-electron chi connectivity index (χ3n) is 3.56. The highest BCUT2D eigenvalue weighted by atomic mass is 35.5. The second-order valence-corrected chi connectivity index (χ2v) is 7.12. The Bertz CT molecular complexity index is 693. The number of halogens is 1. The van der Waals surface area contributed by atoms with E-state index in [4.69, 9.17) is 21.1 Å². The smallest absolute Gasteiger partial charge is 0.258 e. The van der Waals surface area contributed by atoms with E-state index >= 15 is 0 Å². The molecule has 0 aliphatic heterocycles. The fourth-order valence-electron chi connectivity index (χ4n) is 2.29. The summed E-state index contributed by atoms with van der Waals surface area (Å²) in [6.07, 6.45) is 0. The number of ether oxygens (including phenoxy) is 2. The van der Waals surface area contributed by atoms with E-state index in [1.54, 1.807) is 24.3 Å². The number of carbonyl (C=O) groups is 1. The van der Waals surface area contributed by atoms with Gasteiger partial charge in [-0.15, -0.1) is 0 Å². The van der Waals surface area contributed by atoms with E-state index in [1.165, 1.54) is 0 Å². The number of benzene rings is 2. The van der Waals surface area contributed by atoms with Gasteiger partial charge in [-0.3, -0.25) is 4.79 Å². The van der Waals surface area contributed by atoms with E-state index in [9.17, 15) is 4.79 Å². The highest BCUT2D eigenvalue weighted by Gasteiger charge is 2.18. The average Bonchev–Trinajstić information content (AvgIpc) is 2.58. The molecule has 0 atom stereocenters. The lowest BCUT2D eigenvalue weighted by atomic mass is 9.86. The van der Waals surface area contributed by atoms with Crippen LogP contribution in [0.25, 0.3) is 0 Å². The van der Waals surface area contributed by atoms with Crippen molar-refractivity contribution in [2.45, 2.75) is 26.2 Å². The molecule has 134 valence electrons. The Morgan fingerprint density at radius 1 is 1.04 bits per heavy atom. The van der Waals surface area contributed by atoms with Crippen molar-refractivity contribution in [3.05, 3.63) is 59.1 Å². The van der Waals surface area contributed by atoms with Gasteiger partial charge < -0.3 is 14.8 Å². The molecule has 1 amide bonds. The summed E-state index contributed by atoms with van der Waals surface area (Å²) in [6.45, 7) is 7.21. The number of nitrogens with one attached hydrogen (secondary N) is 1. The maximum atomic E-state index is 11.8. The summed E-state index contributed by atoms with van der Waals surface area (Å²) in [5, 5.41) is 3.41. The normalized spacial score (nSPS) is 11.0. The highest BCUT2D eigenvalue weighted by molar-refractivity contribution is 6.30. The van der Waals surface area contributed by atoms with Crippen LogP contribution in [0, 0.1) is 0 Å². The minimum atomic E-state index is -0.192. The van der Waals surface area contributed by atoms with Gasteiger partial charge in [0.05, 0.1) is 6.54 Å². The van der Waals surface area contributed by atoms with Crippen LogP contribution in [0.4, 0.5) is 0 Å². The van der Waals surface area contributed by atoms with E-state index < -0.39 is 0 Å². The van der Waals surface area contributed by atoms with Crippen molar-refractivity contribution in [3.8, 4) is 11.5 Å². The van der Waals surface area contributed by atoms with E-state index in [0.717, 1.165) is 11.3 Å².